The molecule has 0 radical (unpaired) electrons. The predicted octanol–water partition coefficient (Wildman–Crippen LogP) is 0.723. The minimum atomic E-state index is -0.284. The Balaban J connectivity index is 1.95. The van der Waals surface area contributed by atoms with Crippen molar-refractivity contribution in [2.24, 2.45) is 0 Å². The Bertz CT molecular complexity index is 540. The summed E-state index contributed by atoms with van der Waals surface area (Å²) in [7, 11) is 0. The second-order valence-corrected chi connectivity index (χ2v) is 4.31. The number of carbonyl (C=O) groups is 1. The molecule has 1 heterocycles. The Morgan fingerprint density at radius 3 is 2.70 bits per heavy atom. The van der Waals surface area contributed by atoms with Crippen LogP contribution in [0.5, 0.6) is 0 Å². The summed E-state index contributed by atoms with van der Waals surface area (Å²) in [5.41, 5.74) is 2.15. The van der Waals surface area contributed by atoms with E-state index in [9.17, 15) is 4.79 Å². The molecule has 6 nitrogen and oxygen atoms in total. The molecule has 0 aliphatic rings. The van der Waals surface area contributed by atoms with E-state index in [2.05, 4.69) is 15.7 Å². The zero-order valence-corrected chi connectivity index (χ0v) is 11.1. The Hall–Kier alpha value is -2.34. The van der Waals surface area contributed by atoms with Crippen molar-refractivity contribution >= 4 is 6.03 Å². The molecule has 0 aliphatic heterocycles. The van der Waals surface area contributed by atoms with Gasteiger partial charge in [-0.3, -0.25) is 4.68 Å². The number of aliphatic hydroxyl groups is 1. The smallest absolute Gasteiger partial charge is 0.315 e. The number of aliphatic hydroxyl groups excluding tert-OH is 1. The van der Waals surface area contributed by atoms with Crippen LogP contribution in [0.4, 0.5) is 4.79 Å². The Morgan fingerprint density at radius 2 is 2.00 bits per heavy atom. The number of aromatic nitrogens is 2. The predicted molar refractivity (Wildman–Crippen MR) is 75.1 cm³/mol. The number of amides is 2. The molecule has 2 rings (SSSR count). The van der Waals surface area contributed by atoms with Crippen LogP contribution in [0.15, 0.2) is 42.7 Å². The van der Waals surface area contributed by atoms with Crippen molar-refractivity contribution in [3.8, 4) is 0 Å². The van der Waals surface area contributed by atoms with Gasteiger partial charge in [-0.2, -0.15) is 5.10 Å². The number of rotatable bonds is 6. The SMILES string of the molecule is O=C(NCCO)NCc1ccccc1Cn1cccn1. The van der Waals surface area contributed by atoms with E-state index in [4.69, 9.17) is 5.11 Å². The third-order valence-electron chi connectivity index (χ3n) is 2.85. The summed E-state index contributed by atoms with van der Waals surface area (Å²) in [4.78, 5) is 11.5. The van der Waals surface area contributed by atoms with E-state index in [1.165, 1.54) is 0 Å². The van der Waals surface area contributed by atoms with Crippen LogP contribution in [0, 0.1) is 0 Å². The summed E-state index contributed by atoms with van der Waals surface area (Å²) in [6.45, 7) is 1.29. The minimum Gasteiger partial charge on any atom is -0.395 e. The van der Waals surface area contributed by atoms with E-state index in [1.54, 1.807) is 6.20 Å². The lowest BCUT2D eigenvalue weighted by atomic mass is 10.1. The molecule has 0 bridgehead atoms. The maximum Gasteiger partial charge on any atom is 0.315 e. The van der Waals surface area contributed by atoms with E-state index in [0.717, 1.165) is 11.1 Å². The average molecular weight is 274 g/mol. The third-order valence-corrected chi connectivity index (χ3v) is 2.85. The van der Waals surface area contributed by atoms with Crippen molar-refractivity contribution in [3.05, 3.63) is 53.9 Å². The van der Waals surface area contributed by atoms with Gasteiger partial charge in [0, 0.05) is 25.5 Å². The lowest BCUT2D eigenvalue weighted by Gasteiger charge is -2.11. The summed E-state index contributed by atoms with van der Waals surface area (Å²) in [5, 5.41) is 18.1. The van der Waals surface area contributed by atoms with Gasteiger partial charge >= 0.3 is 6.03 Å². The highest BCUT2D eigenvalue weighted by Crippen LogP contribution is 2.10. The molecule has 2 amide bonds. The van der Waals surface area contributed by atoms with E-state index in [0.29, 0.717) is 13.1 Å². The summed E-state index contributed by atoms with van der Waals surface area (Å²) in [6, 6.07) is 9.50. The number of nitrogens with one attached hydrogen (secondary N) is 2. The van der Waals surface area contributed by atoms with Crippen LogP contribution in [0.1, 0.15) is 11.1 Å². The van der Waals surface area contributed by atoms with Crippen LogP contribution >= 0.6 is 0 Å². The topological polar surface area (TPSA) is 79.2 Å². The van der Waals surface area contributed by atoms with Crippen molar-refractivity contribution < 1.29 is 9.90 Å². The average Bonchev–Trinajstić information content (AvgIpc) is 2.97. The first-order valence-electron chi connectivity index (χ1n) is 6.46. The molecule has 0 fully saturated rings. The molecule has 2 aromatic rings. The van der Waals surface area contributed by atoms with Gasteiger partial charge in [0.1, 0.15) is 0 Å². The van der Waals surface area contributed by atoms with Gasteiger partial charge in [-0.1, -0.05) is 24.3 Å². The van der Waals surface area contributed by atoms with Crippen LogP contribution < -0.4 is 10.6 Å². The lowest BCUT2D eigenvalue weighted by molar-refractivity contribution is 0.234. The summed E-state index contributed by atoms with van der Waals surface area (Å²) < 4.78 is 1.84. The first-order valence-corrected chi connectivity index (χ1v) is 6.46. The van der Waals surface area contributed by atoms with Gasteiger partial charge in [0.05, 0.1) is 13.2 Å². The zero-order valence-electron chi connectivity index (χ0n) is 11.1. The van der Waals surface area contributed by atoms with Gasteiger partial charge in [0.15, 0.2) is 0 Å². The fourth-order valence-electron chi connectivity index (χ4n) is 1.86. The van der Waals surface area contributed by atoms with Crippen LogP contribution in [0.2, 0.25) is 0 Å². The van der Waals surface area contributed by atoms with E-state index >= 15 is 0 Å². The number of hydrogen-bond donors (Lipinski definition) is 3. The lowest BCUT2D eigenvalue weighted by Crippen LogP contribution is -2.36. The van der Waals surface area contributed by atoms with E-state index in [-0.39, 0.29) is 19.2 Å². The Morgan fingerprint density at radius 1 is 1.20 bits per heavy atom. The van der Waals surface area contributed by atoms with Gasteiger partial charge in [-0.15, -0.1) is 0 Å². The van der Waals surface area contributed by atoms with Crippen molar-refractivity contribution in [1.29, 1.82) is 0 Å². The highest BCUT2D eigenvalue weighted by atomic mass is 16.3. The second kappa shape index (κ2) is 7.30. The molecule has 6 heteroatoms. The van der Waals surface area contributed by atoms with Crippen molar-refractivity contribution in [2.75, 3.05) is 13.2 Å². The molecule has 106 valence electrons. The van der Waals surface area contributed by atoms with Crippen LogP contribution in [0.3, 0.4) is 0 Å². The maximum absolute atomic E-state index is 11.5. The Kier molecular flexibility index (Phi) is 5.14. The van der Waals surface area contributed by atoms with Crippen LogP contribution in [-0.2, 0) is 13.1 Å². The fourth-order valence-corrected chi connectivity index (χ4v) is 1.86. The van der Waals surface area contributed by atoms with Crippen molar-refractivity contribution in [2.45, 2.75) is 13.1 Å². The number of carbonyl (C=O) groups excluding carboxylic acids is 1. The normalized spacial score (nSPS) is 10.2. The monoisotopic (exact) mass is 274 g/mol. The third kappa shape index (κ3) is 4.10. The summed E-state index contributed by atoms with van der Waals surface area (Å²) in [5.74, 6) is 0. The molecule has 0 saturated heterocycles. The molecule has 0 atom stereocenters. The molecule has 0 unspecified atom stereocenters. The highest BCUT2D eigenvalue weighted by molar-refractivity contribution is 5.73. The molecule has 1 aromatic heterocycles. The molecule has 1 aromatic carbocycles. The first kappa shape index (κ1) is 14.1. The van der Waals surface area contributed by atoms with E-state index < -0.39 is 0 Å². The van der Waals surface area contributed by atoms with Crippen LogP contribution in [0.25, 0.3) is 0 Å². The molecule has 0 aliphatic carbocycles. The summed E-state index contributed by atoms with van der Waals surface area (Å²) >= 11 is 0. The first-order chi connectivity index (χ1) is 9.79. The Labute approximate surface area is 117 Å². The molecular weight excluding hydrogens is 256 g/mol. The number of benzene rings is 1. The number of urea groups is 1. The van der Waals surface area contributed by atoms with Gasteiger partial charge in [-0.05, 0) is 17.2 Å². The maximum atomic E-state index is 11.5. The molecule has 0 spiro atoms. The highest BCUT2D eigenvalue weighted by Gasteiger charge is 2.05. The van der Waals surface area contributed by atoms with Crippen LogP contribution in [-0.4, -0.2) is 34.1 Å². The van der Waals surface area contributed by atoms with E-state index in [1.807, 2.05) is 41.2 Å². The summed E-state index contributed by atoms with van der Waals surface area (Å²) in [6.07, 6.45) is 3.64. The quantitative estimate of drug-likeness (QED) is 0.726. The molecule has 20 heavy (non-hydrogen) atoms. The minimum absolute atomic E-state index is 0.0662. The molecular formula is C14H18N4O2. The van der Waals surface area contributed by atoms with Crippen molar-refractivity contribution in [1.82, 2.24) is 20.4 Å². The number of hydrogen-bond acceptors (Lipinski definition) is 3. The number of nitrogens with zero attached hydrogens (tertiary/aromatic N) is 2. The fraction of sp³-hybridized carbons (Fsp3) is 0.286. The molecule has 0 saturated carbocycles. The van der Waals surface area contributed by atoms with Gasteiger partial charge in [0.2, 0.25) is 0 Å². The van der Waals surface area contributed by atoms with Gasteiger partial charge < -0.3 is 15.7 Å². The largest absolute Gasteiger partial charge is 0.395 e. The van der Waals surface area contributed by atoms with Gasteiger partial charge in [0.25, 0.3) is 0 Å². The second-order valence-electron chi connectivity index (χ2n) is 4.31. The van der Waals surface area contributed by atoms with Crippen molar-refractivity contribution in [3.63, 3.8) is 0 Å². The molecule has 3 N–H and O–H groups in total. The zero-order chi connectivity index (χ0) is 14.2. The van der Waals surface area contributed by atoms with Gasteiger partial charge in [-0.25, -0.2) is 4.79 Å². The standard InChI is InChI=1S/C14H18N4O2/c19-9-7-15-14(20)16-10-12-4-1-2-5-13(12)11-18-8-3-6-17-18/h1-6,8,19H,7,9-11H2,(H2,15,16,20).